The van der Waals surface area contributed by atoms with Crippen LogP contribution in [0.2, 0.25) is 0 Å². The summed E-state index contributed by atoms with van der Waals surface area (Å²) in [5.41, 5.74) is 1.06. The van der Waals surface area contributed by atoms with Crippen molar-refractivity contribution in [2.45, 2.75) is 50.0 Å². The minimum Gasteiger partial charge on any atom is -0.485 e. The Bertz CT molecular complexity index is 1240. The average molecular weight is 476 g/mol. The molecule has 2 saturated heterocycles. The molecule has 1 amide bonds. The highest BCUT2D eigenvalue weighted by molar-refractivity contribution is 5.91. The first-order chi connectivity index (χ1) is 17.2. The second-order valence-corrected chi connectivity index (χ2v) is 9.19. The Hall–Kier alpha value is -3.75. The van der Waals surface area contributed by atoms with Crippen molar-refractivity contribution in [2.24, 2.45) is 0 Å². The van der Waals surface area contributed by atoms with Gasteiger partial charge in [0.05, 0.1) is 49.3 Å². The van der Waals surface area contributed by atoms with Crippen LogP contribution in [0.5, 0.6) is 5.75 Å². The standard InChI is InChI=1S/C24H25N7O4/c25-9-15-1-4-21(34-19-13-33-14-19)20(7-15)22-11-27-23(35-22)24(32)31(17-2-3-17)18-8-16(26-10-18)12-30-6-5-28-29-30/h1,4-7,11,16-19,26H,2-3,8,10,12-14H2/t16-,18+/m0/s1. The molecule has 0 spiro atoms. The van der Waals surface area contributed by atoms with Gasteiger partial charge in [0, 0.05) is 30.9 Å². The van der Waals surface area contributed by atoms with Crippen molar-refractivity contribution in [3.63, 3.8) is 0 Å². The lowest BCUT2D eigenvalue weighted by Crippen LogP contribution is -2.43. The van der Waals surface area contributed by atoms with E-state index in [-0.39, 0.29) is 36.0 Å². The molecule has 6 rings (SSSR count). The molecule has 2 aliphatic heterocycles. The van der Waals surface area contributed by atoms with Gasteiger partial charge < -0.3 is 24.1 Å². The fourth-order valence-corrected chi connectivity index (χ4v) is 4.65. The van der Waals surface area contributed by atoms with Crippen LogP contribution in [0.1, 0.15) is 35.5 Å². The Balaban J connectivity index is 1.21. The fourth-order valence-electron chi connectivity index (χ4n) is 4.65. The van der Waals surface area contributed by atoms with Crippen LogP contribution in [-0.4, -0.2) is 74.8 Å². The zero-order chi connectivity index (χ0) is 23.8. The summed E-state index contributed by atoms with van der Waals surface area (Å²) in [6.07, 6.45) is 7.77. The Kier molecular flexibility index (Phi) is 5.67. The lowest BCUT2D eigenvalue weighted by molar-refractivity contribution is -0.0794. The molecule has 11 nitrogen and oxygen atoms in total. The number of carbonyl (C=O) groups excluding carboxylic acids is 1. The summed E-state index contributed by atoms with van der Waals surface area (Å²) in [5.74, 6) is 0.803. The molecule has 3 fully saturated rings. The Labute approximate surface area is 201 Å². The normalized spacial score (nSPS) is 21.9. The summed E-state index contributed by atoms with van der Waals surface area (Å²) < 4.78 is 19.0. The molecular formula is C24H25N7O4. The predicted octanol–water partition coefficient (Wildman–Crippen LogP) is 1.62. The molecule has 0 bridgehead atoms. The van der Waals surface area contributed by atoms with E-state index < -0.39 is 0 Å². The first kappa shape index (κ1) is 21.8. The summed E-state index contributed by atoms with van der Waals surface area (Å²) in [4.78, 5) is 19.8. The number of nitriles is 1. The van der Waals surface area contributed by atoms with Crippen LogP contribution in [0.4, 0.5) is 0 Å². The summed E-state index contributed by atoms with van der Waals surface area (Å²) in [5, 5.41) is 20.8. The van der Waals surface area contributed by atoms with Crippen LogP contribution in [0.15, 0.2) is 41.2 Å². The average Bonchev–Trinajstić information content (AvgIpc) is 3.23. The maximum atomic E-state index is 13.5. The molecule has 0 radical (unpaired) electrons. The number of benzene rings is 1. The molecule has 35 heavy (non-hydrogen) atoms. The Morgan fingerprint density at radius 2 is 2.20 bits per heavy atom. The van der Waals surface area contributed by atoms with Gasteiger partial charge in [-0.3, -0.25) is 9.48 Å². The van der Waals surface area contributed by atoms with Crippen molar-refractivity contribution >= 4 is 5.91 Å². The minimum atomic E-state index is -0.210. The highest BCUT2D eigenvalue weighted by Gasteiger charge is 2.42. The van der Waals surface area contributed by atoms with Gasteiger partial charge in [-0.25, -0.2) is 4.98 Å². The van der Waals surface area contributed by atoms with Gasteiger partial charge in [-0.2, -0.15) is 5.26 Å². The largest absolute Gasteiger partial charge is 0.485 e. The fraction of sp³-hybridized carbons (Fsp3) is 0.458. The van der Waals surface area contributed by atoms with Gasteiger partial charge >= 0.3 is 5.91 Å². The van der Waals surface area contributed by atoms with Crippen molar-refractivity contribution in [1.82, 2.24) is 30.2 Å². The minimum absolute atomic E-state index is 0.0450. The number of rotatable bonds is 8. The number of ether oxygens (including phenoxy) is 2. The molecule has 1 aromatic carbocycles. The molecular weight excluding hydrogens is 450 g/mol. The summed E-state index contributed by atoms with van der Waals surface area (Å²) in [7, 11) is 0. The van der Waals surface area contributed by atoms with E-state index in [1.807, 2.05) is 11.1 Å². The first-order valence-electron chi connectivity index (χ1n) is 11.8. The second kappa shape index (κ2) is 9.13. The molecule has 3 aliphatic rings. The zero-order valence-corrected chi connectivity index (χ0v) is 19.0. The maximum Gasteiger partial charge on any atom is 0.310 e. The van der Waals surface area contributed by atoms with Crippen molar-refractivity contribution in [3.05, 3.63) is 48.2 Å². The number of hydrogen-bond acceptors (Lipinski definition) is 9. The highest BCUT2D eigenvalue weighted by Crippen LogP contribution is 2.35. The molecule has 0 unspecified atom stereocenters. The van der Waals surface area contributed by atoms with Gasteiger partial charge in [0.15, 0.2) is 5.76 Å². The van der Waals surface area contributed by atoms with Gasteiger partial charge in [-0.05, 0) is 37.5 Å². The number of amides is 1. The van der Waals surface area contributed by atoms with Crippen molar-refractivity contribution < 1.29 is 18.7 Å². The second-order valence-electron chi connectivity index (χ2n) is 9.19. The summed E-state index contributed by atoms with van der Waals surface area (Å²) in [6.45, 7) is 2.45. The van der Waals surface area contributed by atoms with E-state index in [0.717, 1.165) is 19.3 Å². The van der Waals surface area contributed by atoms with Crippen LogP contribution < -0.4 is 10.1 Å². The molecule has 1 N–H and O–H groups in total. The van der Waals surface area contributed by atoms with E-state index in [2.05, 4.69) is 26.7 Å². The van der Waals surface area contributed by atoms with Crippen molar-refractivity contribution in [2.75, 3.05) is 19.8 Å². The Morgan fingerprint density at radius 1 is 1.31 bits per heavy atom. The van der Waals surface area contributed by atoms with Gasteiger partial charge in [-0.1, -0.05) is 5.21 Å². The van der Waals surface area contributed by atoms with E-state index in [9.17, 15) is 10.1 Å². The maximum absolute atomic E-state index is 13.5. The molecule has 11 heteroatoms. The number of nitrogens with zero attached hydrogens (tertiary/aromatic N) is 6. The first-order valence-corrected chi connectivity index (χ1v) is 11.8. The van der Waals surface area contributed by atoms with Crippen LogP contribution in [0, 0.1) is 11.3 Å². The lowest BCUT2D eigenvalue weighted by atomic mass is 10.1. The monoisotopic (exact) mass is 475 g/mol. The molecule has 2 aromatic heterocycles. The van der Waals surface area contributed by atoms with Crippen LogP contribution in [0.25, 0.3) is 11.3 Å². The predicted molar refractivity (Wildman–Crippen MR) is 121 cm³/mol. The summed E-state index contributed by atoms with van der Waals surface area (Å²) >= 11 is 0. The number of aromatic nitrogens is 4. The molecule has 180 valence electrons. The molecule has 1 aliphatic carbocycles. The van der Waals surface area contributed by atoms with Crippen LogP contribution in [0.3, 0.4) is 0 Å². The third-order valence-electron chi connectivity index (χ3n) is 6.61. The lowest BCUT2D eigenvalue weighted by Gasteiger charge is -2.27. The number of oxazole rings is 1. The van der Waals surface area contributed by atoms with Gasteiger partial charge in [0.25, 0.3) is 5.89 Å². The van der Waals surface area contributed by atoms with E-state index in [4.69, 9.17) is 13.9 Å². The number of carbonyl (C=O) groups is 1. The Morgan fingerprint density at radius 3 is 2.91 bits per heavy atom. The summed E-state index contributed by atoms with van der Waals surface area (Å²) in [6, 6.07) is 7.73. The topological polar surface area (TPSA) is 131 Å². The quantitative estimate of drug-likeness (QED) is 0.516. The van der Waals surface area contributed by atoms with Gasteiger partial charge in [-0.15, -0.1) is 5.10 Å². The molecule has 4 heterocycles. The third-order valence-corrected chi connectivity index (χ3v) is 6.61. The zero-order valence-electron chi connectivity index (χ0n) is 19.0. The van der Waals surface area contributed by atoms with Crippen LogP contribution >= 0.6 is 0 Å². The van der Waals surface area contributed by atoms with E-state index in [1.165, 1.54) is 6.20 Å². The van der Waals surface area contributed by atoms with Crippen molar-refractivity contribution in [1.29, 1.82) is 5.26 Å². The van der Waals surface area contributed by atoms with Gasteiger partial charge in [0.2, 0.25) is 0 Å². The molecule has 3 aromatic rings. The number of nitrogens with one attached hydrogen (secondary N) is 1. The molecule has 1 saturated carbocycles. The van der Waals surface area contributed by atoms with E-state index >= 15 is 0 Å². The number of hydrogen-bond donors (Lipinski definition) is 1. The van der Waals surface area contributed by atoms with Crippen LogP contribution in [-0.2, 0) is 11.3 Å². The van der Waals surface area contributed by atoms with E-state index in [1.54, 1.807) is 29.1 Å². The molecule has 2 atom stereocenters. The smallest absolute Gasteiger partial charge is 0.310 e. The van der Waals surface area contributed by atoms with Gasteiger partial charge in [0.1, 0.15) is 11.9 Å². The van der Waals surface area contributed by atoms with E-state index in [0.29, 0.717) is 48.9 Å². The SMILES string of the molecule is N#Cc1ccc(OC2COC2)c(-c2cnc(C(=O)N(C3CC3)[C@H]3CN[C@H](Cn4ccnn4)C3)o2)c1. The third kappa shape index (κ3) is 4.50. The van der Waals surface area contributed by atoms with Crippen molar-refractivity contribution in [3.8, 4) is 23.1 Å². The highest BCUT2D eigenvalue weighted by atomic mass is 16.6.